The number of fused-ring (bicyclic) bond motifs is 2. The van der Waals surface area contributed by atoms with Crippen LogP contribution in [0.5, 0.6) is 0 Å². The number of hydrogen-bond donors (Lipinski definition) is 1. The van der Waals surface area contributed by atoms with E-state index in [0.29, 0.717) is 16.9 Å². The monoisotopic (exact) mass is 292 g/mol. The zero-order valence-corrected chi connectivity index (χ0v) is 11.8. The fourth-order valence-corrected chi connectivity index (χ4v) is 2.50. The quantitative estimate of drug-likeness (QED) is 0.586. The van der Waals surface area contributed by atoms with Gasteiger partial charge in [0.15, 0.2) is 5.43 Å². The van der Waals surface area contributed by atoms with E-state index in [1.165, 1.54) is 16.8 Å². The second-order valence-electron chi connectivity index (χ2n) is 5.28. The van der Waals surface area contributed by atoms with Crippen LogP contribution in [0.1, 0.15) is 5.56 Å². The van der Waals surface area contributed by atoms with Gasteiger partial charge in [0.2, 0.25) is 5.71 Å². The summed E-state index contributed by atoms with van der Waals surface area (Å²) in [6, 6.07) is 13.9. The van der Waals surface area contributed by atoms with Crippen LogP contribution in [0.25, 0.3) is 28.1 Å². The molecule has 0 fully saturated rings. The van der Waals surface area contributed by atoms with E-state index < -0.39 is 0 Å². The molecule has 0 amide bonds. The first kappa shape index (κ1) is 12.6. The Morgan fingerprint density at radius 2 is 1.77 bits per heavy atom. The van der Waals surface area contributed by atoms with Gasteiger partial charge in [-0.25, -0.2) is 4.68 Å². The molecule has 4 rings (SSSR count). The van der Waals surface area contributed by atoms with Crippen LogP contribution in [0.3, 0.4) is 0 Å². The fourth-order valence-electron chi connectivity index (χ4n) is 2.50. The van der Waals surface area contributed by atoms with Gasteiger partial charge in [-0.2, -0.15) is 0 Å². The first-order chi connectivity index (χ1) is 10.6. The lowest BCUT2D eigenvalue weighted by Gasteiger charge is -2.02. The molecule has 0 unspecified atom stereocenters. The Balaban J connectivity index is 2.02. The molecule has 2 aromatic rings. The van der Waals surface area contributed by atoms with Gasteiger partial charge >= 0.3 is 0 Å². The molecule has 0 bridgehead atoms. The summed E-state index contributed by atoms with van der Waals surface area (Å²) in [6.45, 7) is 1.99. The molecule has 5 nitrogen and oxygen atoms in total. The lowest BCUT2D eigenvalue weighted by atomic mass is 10.1. The SMILES string of the molecule is Cc1ccc(-n2[nH]c3oc4cc(=O)ccc-4cc3c2=O)cc1. The van der Waals surface area contributed by atoms with Crippen LogP contribution in [0, 0.1) is 6.92 Å². The Morgan fingerprint density at radius 3 is 2.55 bits per heavy atom. The Bertz CT molecular complexity index is 1070. The van der Waals surface area contributed by atoms with E-state index >= 15 is 0 Å². The summed E-state index contributed by atoms with van der Waals surface area (Å²) < 4.78 is 7.09. The lowest BCUT2D eigenvalue weighted by molar-refractivity contribution is 0.598. The number of aromatic amines is 1. The Labute approximate surface area is 124 Å². The molecule has 0 radical (unpaired) electrons. The molecular formula is C17H12N2O3. The van der Waals surface area contributed by atoms with Gasteiger partial charge < -0.3 is 4.42 Å². The van der Waals surface area contributed by atoms with Crippen molar-refractivity contribution in [3.8, 4) is 17.0 Å². The highest BCUT2D eigenvalue weighted by atomic mass is 16.3. The van der Waals surface area contributed by atoms with Gasteiger partial charge in [0, 0.05) is 11.6 Å². The molecular weight excluding hydrogens is 280 g/mol. The van der Waals surface area contributed by atoms with E-state index in [9.17, 15) is 9.59 Å². The van der Waals surface area contributed by atoms with Crippen molar-refractivity contribution in [1.29, 1.82) is 0 Å². The summed E-state index contributed by atoms with van der Waals surface area (Å²) in [4.78, 5) is 23.9. The number of benzene rings is 2. The number of aryl methyl sites for hydroxylation is 1. The summed E-state index contributed by atoms with van der Waals surface area (Å²) in [5, 5.41) is 3.40. The van der Waals surface area contributed by atoms with E-state index in [-0.39, 0.29) is 11.0 Å². The van der Waals surface area contributed by atoms with Gasteiger partial charge in [-0.15, -0.1) is 0 Å². The summed E-state index contributed by atoms with van der Waals surface area (Å²) in [7, 11) is 0. The molecule has 0 saturated carbocycles. The van der Waals surface area contributed by atoms with Gasteiger partial charge in [0.05, 0.1) is 5.69 Å². The molecule has 1 aromatic heterocycles. The van der Waals surface area contributed by atoms with Crippen molar-refractivity contribution in [3.05, 3.63) is 74.7 Å². The molecule has 0 atom stereocenters. The van der Waals surface area contributed by atoms with Crippen molar-refractivity contribution < 1.29 is 4.42 Å². The van der Waals surface area contributed by atoms with Crippen LogP contribution in [0.15, 0.2) is 62.5 Å². The minimum atomic E-state index is -0.185. The molecule has 108 valence electrons. The average Bonchev–Trinajstić information content (AvgIpc) is 2.82. The fraction of sp³-hybridized carbons (Fsp3) is 0.0588. The van der Waals surface area contributed by atoms with E-state index in [2.05, 4.69) is 5.10 Å². The predicted octanol–water partition coefficient (Wildman–Crippen LogP) is 2.69. The van der Waals surface area contributed by atoms with Gasteiger partial charge in [-0.3, -0.25) is 14.7 Å². The molecule has 22 heavy (non-hydrogen) atoms. The number of hydrogen-bond acceptors (Lipinski definition) is 3. The molecule has 1 aliphatic heterocycles. The second-order valence-corrected chi connectivity index (χ2v) is 5.28. The lowest BCUT2D eigenvalue weighted by Crippen LogP contribution is -2.14. The van der Waals surface area contributed by atoms with E-state index in [1.54, 1.807) is 12.1 Å². The minimum absolute atomic E-state index is 0.129. The third-order valence-electron chi connectivity index (χ3n) is 3.68. The minimum Gasteiger partial charge on any atom is -0.438 e. The number of aromatic nitrogens is 2. The van der Waals surface area contributed by atoms with Crippen molar-refractivity contribution in [1.82, 2.24) is 9.78 Å². The Hall–Kier alpha value is -3.08. The standard InChI is InChI=1S/C17H12N2O3/c1-10-2-5-12(6-3-10)19-17(21)14-8-11-4-7-13(20)9-15(11)22-16(14)18-19/h2-9,18H,1H3. The van der Waals surface area contributed by atoms with Gasteiger partial charge in [-0.1, -0.05) is 17.7 Å². The zero-order valence-electron chi connectivity index (χ0n) is 11.8. The van der Waals surface area contributed by atoms with Crippen molar-refractivity contribution in [2.75, 3.05) is 0 Å². The third kappa shape index (κ3) is 1.87. The third-order valence-corrected chi connectivity index (χ3v) is 3.68. The van der Waals surface area contributed by atoms with Gasteiger partial charge in [0.1, 0.15) is 11.1 Å². The highest BCUT2D eigenvalue weighted by molar-refractivity contribution is 5.79. The summed E-state index contributed by atoms with van der Waals surface area (Å²) in [5.41, 5.74) is 2.61. The largest absolute Gasteiger partial charge is 0.438 e. The van der Waals surface area contributed by atoms with Crippen LogP contribution in [0.2, 0.25) is 0 Å². The smallest absolute Gasteiger partial charge is 0.282 e. The highest BCUT2D eigenvalue weighted by Gasteiger charge is 2.14. The molecule has 1 aromatic carbocycles. The van der Waals surface area contributed by atoms with Gasteiger partial charge in [0.25, 0.3) is 5.56 Å². The maximum Gasteiger partial charge on any atom is 0.282 e. The predicted molar refractivity (Wildman–Crippen MR) is 83.8 cm³/mol. The molecule has 5 heteroatoms. The molecule has 2 heterocycles. The topological polar surface area (TPSA) is 68.0 Å². The number of H-pyrrole nitrogens is 1. The summed E-state index contributed by atoms with van der Waals surface area (Å²) in [5.74, 6) is 0.456. The van der Waals surface area contributed by atoms with Crippen molar-refractivity contribution in [2.45, 2.75) is 6.92 Å². The second kappa shape index (κ2) is 4.46. The molecule has 0 spiro atoms. The van der Waals surface area contributed by atoms with Crippen LogP contribution >= 0.6 is 0 Å². The highest BCUT2D eigenvalue weighted by Crippen LogP contribution is 2.24. The van der Waals surface area contributed by atoms with Crippen molar-refractivity contribution in [2.24, 2.45) is 0 Å². The summed E-state index contributed by atoms with van der Waals surface area (Å²) in [6.07, 6.45) is 0. The average molecular weight is 292 g/mol. The van der Waals surface area contributed by atoms with E-state index in [0.717, 1.165) is 16.8 Å². The zero-order chi connectivity index (χ0) is 15.3. The summed E-state index contributed by atoms with van der Waals surface area (Å²) >= 11 is 0. The van der Waals surface area contributed by atoms with Crippen LogP contribution < -0.4 is 11.0 Å². The number of nitrogens with zero attached hydrogens (tertiary/aromatic N) is 1. The number of nitrogens with one attached hydrogen (secondary N) is 1. The maximum absolute atomic E-state index is 12.5. The van der Waals surface area contributed by atoms with Crippen LogP contribution in [0.4, 0.5) is 0 Å². The first-order valence-corrected chi connectivity index (χ1v) is 6.87. The van der Waals surface area contributed by atoms with E-state index in [4.69, 9.17) is 4.42 Å². The molecule has 1 N–H and O–H groups in total. The normalized spacial score (nSPS) is 11.3. The molecule has 2 aliphatic rings. The molecule has 0 saturated heterocycles. The number of rotatable bonds is 1. The first-order valence-electron chi connectivity index (χ1n) is 6.87. The molecule has 1 aliphatic carbocycles. The Kier molecular flexibility index (Phi) is 2.56. The van der Waals surface area contributed by atoms with Crippen molar-refractivity contribution in [3.63, 3.8) is 0 Å². The van der Waals surface area contributed by atoms with Crippen LogP contribution in [-0.2, 0) is 0 Å². The van der Waals surface area contributed by atoms with Crippen LogP contribution in [-0.4, -0.2) is 9.78 Å². The Morgan fingerprint density at radius 1 is 1.00 bits per heavy atom. The van der Waals surface area contributed by atoms with Gasteiger partial charge in [-0.05, 0) is 37.3 Å². The maximum atomic E-state index is 12.5. The van der Waals surface area contributed by atoms with Crippen molar-refractivity contribution >= 4 is 11.1 Å². The van der Waals surface area contributed by atoms with E-state index in [1.807, 2.05) is 31.2 Å².